The number of benzene rings is 2. The van der Waals surface area contributed by atoms with E-state index in [0.717, 1.165) is 34.6 Å². The number of carbonyl (C=O) groups excluding carboxylic acids is 1. The molecule has 2 aromatic carbocycles. The maximum absolute atomic E-state index is 11.7. The minimum Gasteiger partial charge on any atom is -0.493 e. The molecule has 2 rings (SSSR count). The van der Waals surface area contributed by atoms with Crippen molar-refractivity contribution >= 4 is 5.97 Å². The molecule has 0 saturated carbocycles. The summed E-state index contributed by atoms with van der Waals surface area (Å²) < 4.78 is 16.7. The monoisotopic (exact) mass is 356 g/mol. The van der Waals surface area contributed by atoms with Gasteiger partial charge in [0.1, 0.15) is 18.1 Å². The fraction of sp³-hybridized carbons (Fsp3) is 0.409. The van der Waals surface area contributed by atoms with E-state index in [1.54, 1.807) is 0 Å². The molecule has 4 heteroatoms. The normalized spacial score (nSPS) is 10.5. The van der Waals surface area contributed by atoms with Crippen molar-refractivity contribution in [2.75, 3.05) is 13.7 Å². The lowest BCUT2D eigenvalue weighted by Crippen LogP contribution is -2.10. The van der Waals surface area contributed by atoms with Crippen molar-refractivity contribution in [2.45, 2.75) is 47.1 Å². The summed E-state index contributed by atoms with van der Waals surface area (Å²) in [6, 6.07) is 9.96. The van der Waals surface area contributed by atoms with Crippen LogP contribution in [-0.4, -0.2) is 19.7 Å². The molecule has 0 aliphatic rings. The van der Waals surface area contributed by atoms with Crippen LogP contribution in [0.3, 0.4) is 0 Å². The number of ether oxygens (including phenoxy) is 3. The van der Waals surface area contributed by atoms with Crippen molar-refractivity contribution in [1.82, 2.24) is 0 Å². The van der Waals surface area contributed by atoms with Gasteiger partial charge in [0.2, 0.25) is 0 Å². The van der Waals surface area contributed by atoms with E-state index >= 15 is 0 Å². The summed E-state index contributed by atoms with van der Waals surface area (Å²) in [5, 5.41) is 0. The summed E-state index contributed by atoms with van der Waals surface area (Å²) in [5.74, 6) is 1.32. The summed E-state index contributed by atoms with van der Waals surface area (Å²) in [5.41, 5.74) is 5.41. The summed E-state index contributed by atoms with van der Waals surface area (Å²) in [4.78, 5) is 11.7. The van der Waals surface area contributed by atoms with Crippen LogP contribution in [0.15, 0.2) is 30.3 Å². The third-order valence-corrected chi connectivity index (χ3v) is 4.48. The average molecular weight is 356 g/mol. The van der Waals surface area contributed by atoms with E-state index in [4.69, 9.17) is 14.2 Å². The second-order valence-electron chi connectivity index (χ2n) is 6.27. The molecular formula is C22H28O4. The van der Waals surface area contributed by atoms with Crippen LogP contribution in [-0.2, 0) is 29.0 Å². The van der Waals surface area contributed by atoms with E-state index in [0.29, 0.717) is 13.2 Å². The number of carbonyl (C=O) groups is 1. The van der Waals surface area contributed by atoms with Crippen molar-refractivity contribution in [3.05, 3.63) is 58.1 Å². The van der Waals surface area contributed by atoms with Crippen molar-refractivity contribution < 1.29 is 19.0 Å². The Bertz CT molecular complexity index is 765. The molecule has 2 aromatic rings. The predicted octanol–water partition coefficient (Wildman–Crippen LogP) is 4.56. The second kappa shape index (κ2) is 9.27. The predicted molar refractivity (Wildman–Crippen MR) is 103 cm³/mol. The molecule has 0 spiro atoms. The van der Waals surface area contributed by atoms with Crippen molar-refractivity contribution in [2.24, 2.45) is 0 Å². The van der Waals surface area contributed by atoms with Gasteiger partial charge in [-0.3, -0.25) is 4.79 Å². The molecule has 0 aliphatic heterocycles. The molecule has 4 nitrogen and oxygen atoms in total. The highest BCUT2D eigenvalue weighted by Gasteiger charge is 2.15. The number of esters is 1. The Labute approximate surface area is 156 Å². The smallest absolute Gasteiger partial charge is 0.309 e. The van der Waals surface area contributed by atoms with Crippen LogP contribution in [0.4, 0.5) is 0 Å². The summed E-state index contributed by atoms with van der Waals surface area (Å²) in [6.45, 7) is 9.14. The zero-order chi connectivity index (χ0) is 19.1. The molecule has 0 aliphatic carbocycles. The van der Waals surface area contributed by atoms with Gasteiger partial charge in [0.15, 0.2) is 0 Å². The Kier molecular flexibility index (Phi) is 7.07. The Morgan fingerprint density at radius 1 is 0.962 bits per heavy atom. The van der Waals surface area contributed by atoms with Gasteiger partial charge in [-0.25, -0.2) is 0 Å². The third kappa shape index (κ3) is 4.78. The van der Waals surface area contributed by atoms with E-state index in [1.165, 1.54) is 18.2 Å². The molecule has 0 atom stereocenters. The van der Waals surface area contributed by atoms with Gasteiger partial charge in [-0.15, -0.1) is 0 Å². The first kappa shape index (κ1) is 19.8. The zero-order valence-corrected chi connectivity index (χ0v) is 16.3. The quantitative estimate of drug-likeness (QED) is 0.651. The minimum atomic E-state index is -0.278. The number of rotatable bonds is 8. The highest BCUT2D eigenvalue weighted by atomic mass is 16.5. The number of hydrogen-bond donors (Lipinski definition) is 0. The Morgan fingerprint density at radius 3 is 2.38 bits per heavy atom. The molecule has 0 heterocycles. The number of aryl methyl sites for hydroxylation is 3. The largest absolute Gasteiger partial charge is 0.493 e. The SMILES string of the molecule is CCOc1cccc(CC(=O)OC)c1COc1cc(C)c(CC)cc1C. The molecule has 0 radical (unpaired) electrons. The van der Waals surface area contributed by atoms with Crippen LogP contribution in [0.1, 0.15) is 41.7 Å². The maximum Gasteiger partial charge on any atom is 0.309 e. The van der Waals surface area contributed by atoms with Crippen molar-refractivity contribution in [1.29, 1.82) is 0 Å². The first-order chi connectivity index (χ1) is 12.5. The summed E-state index contributed by atoms with van der Waals surface area (Å²) in [6.07, 6.45) is 1.20. The van der Waals surface area contributed by atoms with Crippen LogP contribution in [0.2, 0.25) is 0 Å². The summed E-state index contributed by atoms with van der Waals surface area (Å²) >= 11 is 0. The lowest BCUT2D eigenvalue weighted by Gasteiger charge is -2.17. The molecule has 0 unspecified atom stereocenters. The molecular weight excluding hydrogens is 328 g/mol. The molecule has 0 amide bonds. The topological polar surface area (TPSA) is 44.8 Å². The van der Waals surface area contributed by atoms with E-state index in [9.17, 15) is 4.79 Å². The highest BCUT2D eigenvalue weighted by Crippen LogP contribution is 2.28. The summed E-state index contributed by atoms with van der Waals surface area (Å²) in [7, 11) is 1.40. The van der Waals surface area contributed by atoms with Gasteiger partial charge in [0.05, 0.1) is 20.1 Å². The lowest BCUT2D eigenvalue weighted by atomic mass is 10.0. The Hall–Kier alpha value is -2.49. The van der Waals surface area contributed by atoms with E-state index in [1.807, 2.05) is 25.1 Å². The van der Waals surface area contributed by atoms with E-state index in [2.05, 4.69) is 32.9 Å². The fourth-order valence-corrected chi connectivity index (χ4v) is 2.99. The van der Waals surface area contributed by atoms with Gasteiger partial charge in [0, 0.05) is 5.56 Å². The molecule has 26 heavy (non-hydrogen) atoms. The van der Waals surface area contributed by atoms with Crippen molar-refractivity contribution in [3.63, 3.8) is 0 Å². The van der Waals surface area contributed by atoms with Gasteiger partial charge in [-0.2, -0.15) is 0 Å². The van der Waals surface area contributed by atoms with E-state index in [-0.39, 0.29) is 12.4 Å². The zero-order valence-electron chi connectivity index (χ0n) is 16.3. The third-order valence-electron chi connectivity index (χ3n) is 4.48. The average Bonchev–Trinajstić information content (AvgIpc) is 2.63. The first-order valence-corrected chi connectivity index (χ1v) is 9.03. The second-order valence-corrected chi connectivity index (χ2v) is 6.27. The van der Waals surface area contributed by atoms with Crippen LogP contribution in [0.5, 0.6) is 11.5 Å². The molecule has 0 saturated heterocycles. The van der Waals surface area contributed by atoms with E-state index < -0.39 is 0 Å². The fourth-order valence-electron chi connectivity index (χ4n) is 2.99. The number of hydrogen-bond acceptors (Lipinski definition) is 4. The van der Waals surface area contributed by atoms with Crippen LogP contribution in [0.25, 0.3) is 0 Å². The van der Waals surface area contributed by atoms with Crippen LogP contribution in [0, 0.1) is 13.8 Å². The molecule has 0 aromatic heterocycles. The highest BCUT2D eigenvalue weighted by molar-refractivity contribution is 5.73. The van der Waals surface area contributed by atoms with Gasteiger partial charge in [-0.1, -0.05) is 25.1 Å². The first-order valence-electron chi connectivity index (χ1n) is 9.03. The van der Waals surface area contributed by atoms with Gasteiger partial charge in [-0.05, 0) is 61.6 Å². The minimum absolute atomic E-state index is 0.197. The molecule has 140 valence electrons. The van der Waals surface area contributed by atoms with Crippen molar-refractivity contribution in [3.8, 4) is 11.5 Å². The Morgan fingerprint density at radius 2 is 1.73 bits per heavy atom. The van der Waals surface area contributed by atoms with Gasteiger partial charge < -0.3 is 14.2 Å². The number of methoxy groups -OCH3 is 1. The van der Waals surface area contributed by atoms with Crippen LogP contribution >= 0.6 is 0 Å². The molecule has 0 fully saturated rings. The van der Waals surface area contributed by atoms with Gasteiger partial charge >= 0.3 is 5.97 Å². The molecule has 0 N–H and O–H groups in total. The molecule has 0 bridgehead atoms. The lowest BCUT2D eigenvalue weighted by molar-refractivity contribution is -0.139. The standard InChI is InChI=1S/C22H28O4/c1-6-17-11-16(4)21(12-15(17)3)26-14-19-18(13-22(23)24-5)9-8-10-20(19)25-7-2/h8-12H,6-7,13-14H2,1-5H3. The maximum atomic E-state index is 11.7. The van der Waals surface area contributed by atoms with Crippen LogP contribution < -0.4 is 9.47 Å². The Balaban J connectivity index is 2.30. The van der Waals surface area contributed by atoms with Gasteiger partial charge in [0.25, 0.3) is 0 Å².